The number of hydrogen-bond donors (Lipinski definition) is 0. The molecule has 13 heteroatoms. The highest BCUT2D eigenvalue weighted by Gasteiger charge is 2.49. The first-order valence-electron chi connectivity index (χ1n) is 19.6. The zero-order valence-electron chi connectivity index (χ0n) is 33.3. The molecule has 7 rings (SSSR count). The average molecular weight is 801 g/mol. The summed E-state index contributed by atoms with van der Waals surface area (Å²) in [6.45, 7) is 11.4. The van der Waals surface area contributed by atoms with Crippen LogP contribution in [0.3, 0.4) is 0 Å². The fourth-order valence-corrected chi connectivity index (χ4v) is 10.0. The molecule has 0 amide bonds. The van der Waals surface area contributed by atoms with Gasteiger partial charge in [-0.2, -0.15) is 0 Å². The molecule has 0 aromatic heterocycles. The molecule has 2 saturated heterocycles. The highest BCUT2D eigenvalue weighted by Crippen LogP contribution is 2.51. The molecule has 8 unspecified atom stereocenters. The second-order valence-corrected chi connectivity index (χ2v) is 20.6. The number of hydrogen-bond acceptors (Lipinski definition) is 11. The molecule has 0 N–H and O–H groups in total. The van der Waals surface area contributed by atoms with E-state index in [0.29, 0.717) is 48.8 Å². The van der Waals surface area contributed by atoms with E-state index in [2.05, 4.69) is 0 Å². The standard InChI is InChI=1S/C44H49FO11Si/c1-23-33(56-43(50)27-11-9-8-10-12-27)17-18-36(52-23)55-35-21-34(51-24(2)41(35)53-25(3)46)30-15-16-32-38(42(30)54-26(4)47)40(49)31-14-13-28-22-44(5,57(6,7)45)20-19-29(28)37(31)39(32)48/h8-16,23-24,33-36,41H,17-22H2,1-7H3. The summed E-state index contributed by atoms with van der Waals surface area (Å²) in [6, 6.07) is 15.3. The highest BCUT2D eigenvalue weighted by molar-refractivity contribution is 6.73. The van der Waals surface area contributed by atoms with Gasteiger partial charge in [-0.1, -0.05) is 37.3 Å². The molecule has 11 nitrogen and oxygen atoms in total. The minimum Gasteiger partial charge on any atom is -0.457 e. The van der Waals surface area contributed by atoms with E-state index < -0.39 is 80.1 Å². The maximum Gasteiger partial charge on any atom is 0.338 e. The number of rotatable bonds is 8. The van der Waals surface area contributed by atoms with Crippen LogP contribution in [0.1, 0.15) is 125 Å². The maximum atomic E-state index is 15.4. The Kier molecular flexibility index (Phi) is 11.2. The van der Waals surface area contributed by atoms with Crippen molar-refractivity contribution in [3.8, 4) is 5.75 Å². The third-order valence-corrected chi connectivity index (χ3v) is 15.5. The Labute approximate surface area is 332 Å². The maximum absolute atomic E-state index is 15.4. The van der Waals surface area contributed by atoms with E-state index in [1.54, 1.807) is 69.4 Å². The Bertz CT molecular complexity index is 2110. The molecule has 8 atom stereocenters. The summed E-state index contributed by atoms with van der Waals surface area (Å²) >= 11 is 0. The molecule has 0 radical (unpaired) electrons. The van der Waals surface area contributed by atoms with Gasteiger partial charge in [-0.25, -0.2) is 4.79 Å². The Balaban J connectivity index is 1.16. The molecular weight excluding hydrogens is 752 g/mol. The van der Waals surface area contributed by atoms with Crippen molar-refractivity contribution in [1.82, 2.24) is 0 Å². The lowest BCUT2D eigenvalue weighted by atomic mass is 9.74. The minimum atomic E-state index is -3.05. The van der Waals surface area contributed by atoms with Crippen molar-refractivity contribution in [3.05, 3.63) is 99.1 Å². The summed E-state index contributed by atoms with van der Waals surface area (Å²) in [6.07, 6.45) is -2.43. The predicted octanol–water partition coefficient (Wildman–Crippen LogP) is 7.73. The van der Waals surface area contributed by atoms with Crippen LogP contribution in [0, 0.1) is 0 Å². The number of carbonyl (C=O) groups excluding carboxylic acids is 5. The number of ether oxygens (including phenoxy) is 6. The lowest BCUT2D eigenvalue weighted by Crippen LogP contribution is -2.51. The first-order valence-corrected chi connectivity index (χ1v) is 22.5. The largest absolute Gasteiger partial charge is 0.457 e. The van der Waals surface area contributed by atoms with Gasteiger partial charge >= 0.3 is 17.9 Å². The fourth-order valence-electron chi connectivity index (χ4n) is 8.69. The molecule has 0 bridgehead atoms. The monoisotopic (exact) mass is 800 g/mol. The predicted molar refractivity (Wildman–Crippen MR) is 208 cm³/mol. The van der Waals surface area contributed by atoms with Crippen LogP contribution in [0.5, 0.6) is 5.75 Å². The summed E-state index contributed by atoms with van der Waals surface area (Å²) in [4.78, 5) is 66.5. The van der Waals surface area contributed by atoms with E-state index in [9.17, 15) is 24.0 Å². The molecule has 57 heavy (non-hydrogen) atoms. The lowest BCUT2D eigenvalue weighted by molar-refractivity contribution is -0.274. The smallest absolute Gasteiger partial charge is 0.338 e. The van der Waals surface area contributed by atoms with E-state index in [1.807, 2.05) is 19.1 Å². The van der Waals surface area contributed by atoms with Gasteiger partial charge in [-0.3, -0.25) is 19.2 Å². The van der Waals surface area contributed by atoms with Gasteiger partial charge in [0.2, 0.25) is 8.41 Å². The van der Waals surface area contributed by atoms with Crippen LogP contribution in [-0.4, -0.2) is 74.7 Å². The van der Waals surface area contributed by atoms with Crippen molar-refractivity contribution in [2.24, 2.45) is 0 Å². The van der Waals surface area contributed by atoms with Crippen LogP contribution in [-0.2, 0) is 46.1 Å². The Hall–Kier alpha value is -4.56. The van der Waals surface area contributed by atoms with Gasteiger partial charge in [-0.15, -0.1) is 0 Å². The third kappa shape index (κ3) is 7.86. The molecule has 4 aliphatic rings. The summed E-state index contributed by atoms with van der Waals surface area (Å²) in [5.41, 5.74) is 3.04. The Morgan fingerprint density at radius 1 is 0.825 bits per heavy atom. The van der Waals surface area contributed by atoms with Crippen molar-refractivity contribution in [3.63, 3.8) is 0 Å². The number of ketones is 2. The van der Waals surface area contributed by atoms with Crippen LogP contribution in [0.25, 0.3) is 0 Å². The molecule has 0 saturated carbocycles. The lowest BCUT2D eigenvalue weighted by Gasteiger charge is -2.43. The molecule has 302 valence electrons. The van der Waals surface area contributed by atoms with Crippen molar-refractivity contribution in [2.45, 2.75) is 134 Å². The van der Waals surface area contributed by atoms with Gasteiger partial charge in [0.15, 0.2) is 24.0 Å². The fraction of sp³-hybridized carbons (Fsp3) is 0.477. The average Bonchev–Trinajstić information content (AvgIpc) is 3.15. The minimum absolute atomic E-state index is 0.0329. The first kappa shape index (κ1) is 40.6. The van der Waals surface area contributed by atoms with E-state index in [-0.39, 0.29) is 34.6 Å². The Morgan fingerprint density at radius 2 is 1.51 bits per heavy atom. The topological polar surface area (TPSA) is 141 Å². The van der Waals surface area contributed by atoms with Crippen molar-refractivity contribution < 1.29 is 56.5 Å². The van der Waals surface area contributed by atoms with Gasteiger partial charge in [0, 0.05) is 48.9 Å². The summed E-state index contributed by atoms with van der Waals surface area (Å²) in [5, 5.41) is -0.500. The molecule has 2 aliphatic carbocycles. The summed E-state index contributed by atoms with van der Waals surface area (Å²) in [7, 11) is -3.05. The van der Waals surface area contributed by atoms with E-state index in [1.165, 1.54) is 13.8 Å². The highest BCUT2D eigenvalue weighted by atomic mass is 28.4. The number of halogens is 1. The summed E-state index contributed by atoms with van der Waals surface area (Å²) in [5.74, 6) is -2.58. The molecule has 3 aromatic carbocycles. The van der Waals surface area contributed by atoms with E-state index >= 15 is 4.11 Å². The molecule has 3 aromatic rings. The zero-order chi connectivity index (χ0) is 41.0. The molecule has 2 heterocycles. The quantitative estimate of drug-likeness (QED) is 0.0749. The van der Waals surface area contributed by atoms with Crippen molar-refractivity contribution >= 4 is 37.9 Å². The van der Waals surface area contributed by atoms with Gasteiger partial charge in [-0.05, 0) is 93.1 Å². The SMILES string of the molecule is CC(=O)Oc1c(C2CC(OC3CCC(OC(=O)c4ccccc4)C(C)O3)C(OC(C)=O)C(C)O2)ccc2c1C(=O)c1ccc3c(c1C2=O)CCC(C)([Si](C)(C)F)C3. The van der Waals surface area contributed by atoms with Crippen LogP contribution in [0.4, 0.5) is 4.11 Å². The first-order chi connectivity index (χ1) is 27.0. The number of carbonyl (C=O) groups is 5. The van der Waals surface area contributed by atoms with Crippen molar-refractivity contribution in [1.29, 1.82) is 0 Å². The molecule has 2 fully saturated rings. The Morgan fingerprint density at radius 3 is 2.18 bits per heavy atom. The van der Waals surface area contributed by atoms with Gasteiger partial charge in [0.25, 0.3) is 0 Å². The van der Waals surface area contributed by atoms with Crippen molar-refractivity contribution in [2.75, 3.05) is 0 Å². The number of fused-ring (bicyclic) bond motifs is 4. The molecule has 2 aliphatic heterocycles. The van der Waals surface area contributed by atoms with Crippen LogP contribution >= 0.6 is 0 Å². The van der Waals surface area contributed by atoms with Gasteiger partial charge in [0.1, 0.15) is 18.0 Å². The third-order valence-electron chi connectivity index (χ3n) is 12.2. The number of benzene rings is 3. The van der Waals surface area contributed by atoms with Crippen LogP contribution in [0.15, 0.2) is 54.6 Å². The zero-order valence-corrected chi connectivity index (χ0v) is 34.3. The second kappa shape index (κ2) is 15.7. The van der Waals surface area contributed by atoms with Gasteiger partial charge in [0.05, 0.1) is 29.4 Å². The number of esters is 3. The van der Waals surface area contributed by atoms with Crippen LogP contribution < -0.4 is 4.74 Å². The van der Waals surface area contributed by atoms with Gasteiger partial charge < -0.3 is 32.5 Å². The van der Waals surface area contributed by atoms with E-state index in [4.69, 9.17) is 28.4 Å². The summed E-state index contributed by atoms with van der Waals surface area (Å²) < 4.78 is 51.8. The van der Waals surface area contributed by atoms with E-state index in [0.717, 1.165) is 11.1 Å². The molecule has 0 spiro atoms. The normalized spacial score (nSPS) is 28.4. The molecular formula is C44H49FO11Si. The van der Waals surface area contributed by atoms with Crippen LogP contribution in [0.2, 0.25) is 18.1 Å². The second-order valence-electron chi connectivity index (χ2n) is 16.5.